The van der Waals surface area contributed by atoms with Crippen molar-refractivity contribution in [2.75, 3.05) is 0 Å². The summed E-state index contributed by atoms with van der Waals surface area (Å²) in [7, 11) is -5.84. The van der Waals surface area contributed by atoms with Crippen molar-refractivity contribution in [3.8, 4) is 0 Å². The van der Waals surface area contributed by atoms with Crippen LogP contribution in [0, 0.1) is 17.2 Å². The molecule has 0 amide bonds. The molecule has 0 N–H and O–H groups in total. The van der Waals surface area contributed by atoms with Gasteiger partial charge in [-0.05, 0) is 55.3 Å². The van der Waals surface area contributed by atoms with Crippen LogP contribution < -0.4 is 39.9 Å². The third kappa shape index (κ3) is 12.5. The average molecular weight is 673 g/mol. The van der Waals surface area contributed by atoms with Gasteiger partial charge in [0.25, 0.3) is 0 Å². The van der Waals surface area contributed by atoms with E-state index in [1.807, 2.05) is 0 Å². The summed E-state index contributed by atoms with van der Waals surface area (Å²) in [4.78, 5) is 0. The number of benzene rings is 4. The molecule has 0 fully saturated rings. The molecule has 1 radical (unpaired) electrons. The van der Waals surface area contributed by atoms with Crippen molar-refractivity contribution in [2.45, 2.75) is 25.2 Å². The van der Waals surface area contributed by atoms with E-state index >= 15 is 0 Å². The second-order valence-electron chi connectivity index (χ2n) is 8.23. The van der Waals surface area contributed by atoms with Crippen molar-refractivity contribution in [1.82, 2.24) is 0 Å². The molecule has 0 heterocycles. The largest absolute Gasteiger partial charge is 0.222 e. The SMILES string of the molecule is C[C@@H]([C@H](C)P(c1ccccc1)c1ccccc1)P(c1ccccc1)c1ccccc1.[CH2]C=C.[O-][Cl+3]([O-])([O-])[O-].[Pd]. The Morgan fingerprint density at radius 3 is 0.846 bits per heavy atom. The van der Waals surface area contributed by atoms with Gasteiger partial charge in [0.15, 0.2) is 0 Å². The van der Waals surface area contributed by atoms with Gasteiger partial charge in [-0.2, -0.15) is 0 Å². The summed E-state index contributed by atoms with van der Waals surface area (Å²) in [6, 6.07) is 44.5. The Bertz CT molecular complexity index is 1010. The minimum Gasteiger partial charge on any atom is -0.222 e. The fraction of sp³-hybridized carbons (Fsp3) is 0.129. The summed E-state index contributed by atoms with van der Waals surface area (Å²) in [6.07, 6.45) is 1.50. The first-order chi connectivity index (χ1) is 18.2. The number of hydrogen-bond donors (Lipinski definition) is 0. The Morgan fingerprint density at radius 2 is 0.692 bits per heavy atom. The van der Waals surface area contributed by atoms with E-state index in [0.29, 0.717) is 11.3 Å². The van der Waals surface area contributed by atoms with Crippen molar-refractivity contribution in [1.29, 1.82) is 0 Å². The summed E-state index contributed by atoms with van der Waals surface area (Å²) in [5, 5.41) is 5.87. The Balaban J connectivity index is 0.000000749. The van der Waals surface area contributed by atoms with Gasteiger partial charge in [0.05, 0.1) is 0 Å². The molecule has 4 aromatic rings. The van der Waals surface area contributed by atoms with Crippen LogP contribution in [0.15, 0.2) is 134 Å². The van der Waals surface area contributed by atoms with Gasteiger partial charge in [-0.25, -0.2) is 18.6 Å². The molecule has 0 aromatic heterocycles. The Kier molecular flexibility index (Phi) is 16.8. The van der Waals surface area contributed by atoms with Gasteiger partial charge in [-0.15, -0.1) is 16.8 Å². The molecule has 0 saturated heterocycles. The summed E-state index contributed by atoms with van der Waals surface area (Å²) in [5.41, 5.74) is 1.10. The van der Waals surface area contributed by atoms with E-state index in [4.69, 9.17) is 18.6 Å². The molecule has 0 spiro atoms. The average Bonchev–Trinajstić information content (AvgIpc) is 2.91. The summed E-state index contributed by atoms with van der Waals surface area (Å²) >= 11 is 0. The Labute approximate surface area is 251 Å². The topological polar surface area (TPSA) is 92.2 Å². The minimum absolute atomic E-state index is 0. The predicted octanol–water partition coefficient (Wildman–Crippen LogP) is 2.28. The van der Waals surface area contributed by atoms with Crippen LogP contribution in [-0.4, -0.2) is 11.3 Å². The van der Waals surface area contributed by atoms with Gasteiger partial charge in [0, 0.05) is 20.4 Å². The van der Waals surface area contributed by atoms with Crippen LogP contribution in [0.25, 0.3) is 0 Å². The van der Waals surface area contributed by atoms with E-state index in [1.54, 1.807) is 0 Å². The first-order valence-electron chi connectivity index (χ1n) is 12.0. The second-order valence-corrected chi connectivity index (χ2v) is 14.2. The third-order valence-corrected chi connectivity index (χ3v) is 11.8. The summed E-state index contributed by atoms with van der Waals surface area (Å²) < 4.78 is 34.0. The molecule has 0 aliphatic rings. The van der Waals surface area contributed by atoms with Gasteiger partial charge in [-0.3, -0.25) is 0 Å². The van der Waals surface area contributed by atoms with E-state index in [-0.39, 0.29) is 20.4 Å². The van der Waals surface area contributed by atoms with E-state index in [0.717, 1.165) is 0 Å². The molecule has 0 bridgehead atoms. The minimum atomic E-state index is -4.94. The summed E-state index contributed by atoms with van der Waals surface area (Å²) in [6.45, 7) is 11.4. The van der Waals surface area contributed by atoms with E-state index in [1.165, 1.54) is 27.3 Å². The number of rotatable bonds is 7. The molecule has 209 valence electrons. The van der Waals surface area contributed by atoms with Crippen LogP contribution in [0.2, 0.25) is 0 Å². The van der Waals surface area contributed by atoms with E-state index in [9.17, 15) is 0 Å². The van der Waals surface area contributed by atoms with Crippen molar-refractivity contribution >= 4 is 37.1 Å². The molecule has 4 nitrogen and oxygen atoms in total. The fourth-order valence-corrected chi connectivity index (χ4v) is 10.1. The zero-order valence-corrected chi connectivity index (χ0v) is 26.0. The zero-order valence-electron chi connectivity index (χ0n) is 21.9. The van der Waals surface area contributed by atoms with Crippen LogP contribution in [0.3, 0.4) is 0 Å². The summed E-state index contributed by atoms with van der Waals surface area (Å²) in [5.74, 6) is 0. The zero-order chi connectivity index (χ0) is 28.0. The maximum absolute atomic E-state index is 8.49. The molecule has 2 atom stereocenters. The molecule has 4 aromatic carbocycles. The van der Waals surface area contributed by atoms with Crippen molar-refractivity contribution in [3.05, 3.63) is 141 Å². The number of halogens is 1. The first kappa shape index (κ1) is 35.3. The van der Waals surface area contributed by atoms with Crippen molar-refractivity contribution in [3.63, 3.8) is 0 Å². The predicted molar refractivity (Wildman–Crippen MR) is 153 cm³/mol. The molecule has 39 heavy (non-hydrogen) atoms. The third-order valence-electron chi connectivity index (χ3n) is 5.65. The van der Waals surface area contributed by atoms with Crippen LogP contribution >= 0.6 is 15.8 Å². The molecular formula is C31H33ClO4P2Pd-. The van der Waals surface area contributed by atoms with Crippen LogP contribution in [-0.2, 0) is 20.4 Å². The number of hydrogen-bond acceptors (Lipinski definition) is 4. The van der Waals surface area contributed by atoms with Gasteiger partial charge >= 0.3 is 0 Å². The quantitative estimate of drug-likeness (QED) is 0.223. The molecule has 0 unspecified atom stereocenters. The van der Waals surface area contributed by atoms with Gasteiger partial charge in [-0.1, -0.05) is 141 Å². The Morgan fingerprint density at radius 1 is 0.538 bits per heavy atom. The van der Waals surface area contributed by atoms with Gasteiger partial charge in [0.1, 0.15) is 0 Å². The second kappa shape index (κ2) is 18.6. The van der Waals surface area contributed by atoms with Crippen molar-refractivity contribution in [2.24, 2.45) is 0 Å². The molecule has 0 saturated carbocycles. The molecule has 0 aliphatic carbocycles. The van der Waals surface area contributed by atoms with E-state index in [2.05, 4.69) is 149 Å². The smallest absolute Gasteiger partial charge is 0 e. The van der Waals surface area contributed by atoms with Gasteiger partial charge in [0.2, 0.25) is 0 Å². The standard InChI is InChI=1S/C28H28P2.C3H5.ClHO4.Pd/c1-23(29(25-15-7-3-8-16-25)26-17-9-4-10-18-26)24(2)30(27-19-11-5-12-20-27)28-21-13-6-14-22-28;1-3-2;2-1(3,4)5;/h3-24H,1-2H3;3H,1-2H2;(H,2,3,4,5);/p-1/t23-,24-;;;/m0.../s1. The van der Waals surface area contributed by atoms with Gasteiger partial charge < -0.3 is 0 Å². The molecule has 8 heteroatoms. The molecular weight excluding hydrogens is 640 g/mol. The molecule has 0 aliphatic heterocycles. The van der Waals surface area contributed by atoms with Crippen LogP contribution in [0.1, 0.15) is 13.8 Å². The number of allylic oxidation sites excluding steroid dienone is 1. The molecule has 4 rings (SSSR count). The first-order valence-corrected chi connectivity index (χ1v) is 16.0. The Hall–Kier alpha value is -1.73. The normalized spacial score (nSPS) is 12.1. The fourth-order valence-electron chi connectivity index (χ4n) is 4.02. The van der Waals surface area contributed by atoms with Crippen molar-refractivity contribution < 1.29 is 49.3 Å². The van der Waals surface area contributed by atoms with Crippen LogP contribution in [0.4, 0.5) is 0 Å². The monoisotopic (exact) mass is 672 g/mol. The van der Waals surface area contributed by atoms with E-state index < -0.39 is 26.1 Å². The maximum atomic E-state index is 8.49. The maximum Gasteiger partial charge on any atom is 0 e. The van der Waals surface area contributed by atoms with Crippen LogP contribution in [0.5, 0.6) is 0 Å².